The Morgan fingerprint density at radius 1 is 1.08 bits per heavy atom. The minimum Gasteiger partial charge on any atom is -0.486 e. The highest BCUT2D eigenvalue weighted by molar-refractivity contribution is 5.83. The van der Waals surface area contributed by atoms with Crippen LogP contribution >= 0.6 is 0 Å². The van der Waals surface area contributed by atoms with Crippen molar-refractivity contribution < 1.29 is 13.9 Å². The average Bonchev–Trinajstić information content (AvgIpc) is 3.64. The lowest BCUT2D eigenvalue weighted by Crippen LogP contribution is -2.33. The molecule has 2 aromatic heterocycles. The highest BCUT2D eigenvalue weighted by Gasteiger charge is 2.30. The molecule has 39 heavy (non-hydrogen) atoms. The van der Waals surface area contributed by atoms with Crippen LogP contribution < -0.4 is 15.0 Å². The lowest BCUT2D eigenvalue weighted by atomic mass is 10.0. The summed E-state index contributed by atoms with van der Waals surface area (Å²) in [5.41, 5.74) is 2.12. The number of benzene rings is 2. The van der Waals surface area contributed by atoms with Gasteiger partial charge in [-0.2, -0.15) is 0 Å². The number of tetrazole rings is 1. The first kappa shape index (κ1) is 25.5. The number of fused-ring (bicyclic) bond motifs is 2. The molecule has 0 spiro atoms. The molecule has 0 bridgehead atoms. The fourth-order valence-corrected chi connectivity index (χ4v) is 5.80. The Labute approximate surface area is 225 Å². The number of aromatic nitrogens is 5. The van der Waals surface area contributed by atoms with Crippen molar-refractivity contribution in [3.63, 3.8) is 0 Å². The minimum absolute atomic E-state index is 0.119. The number of rotatable bonds is 9. The van der Waals surface area contributed by atoms with Gasteiger partial charge in [0.25, 0.3) is 5.56 Å². The average molecular weight is 533 g/mol. The van der Waals surface area contributed by atoms with Crippen molar-refractivity contribution in [2.24, 2.45) is 0 Å². The zero-order valence-corrected chi connectivity index (χ0v) is 22.1. The summed E-state index contributed by atoms with van der Waals surface area (Å²) in [6, 6.07) is 12.4. The van der Waals surface area contributed by atoms with Crippen LogP contribution in [0.5, 0.6) is 11.5 Å². The molecule has 1 aliphatic carbocycles. The summed E-state index contributed by atoms with van der Waals surface area (Å²) in [5.74, 6) is 1.86. The Balaban J connectivity index is 1.39. The standard InChI is InChI=1S/C29H33FN6O3/c1-2-5-25(28-32-33-34-36(28)23-6-3-4-7-23)35(17-19-8-10-22(30)11-9-19)18-21-14-20-15-26-27(39-13-12-38-26)16-24(20)31-29(21)37/h8-11,14-16,23,25H,2-7,12-13,17-18H2,1H3,(H,31,37)/t25-/m0/s1. The fourth-order valence-electron chi connectivity index (χ4n) is 5.80. The summed E-state index contributed by atoms with van der Waals surface area (Å²) >= 11 is 0. The number of aromatic amines is 1. The number of nitrogens with zero attached hydrogens (tertiary/aromatic N) is 5. The fraction of sp³-hybridized carbons (Fsp3) is 0.448. The van der Waals surface area contributed by atoms with E-state index in [-0.39, 0.29) is 17.4 Å². The minimum atomic E-state index is -0.277. The van der Waals surface area contributed by atoms with Crippen LogP contribution in [0.25, 0.3) is 10.9 Å². The van der Waals surface area contributed by atoms with Gasteiger partial charge in [-0.25, -0.2) is 9.07 Å². The molecule has 3 heterocycles. The molecule has 0 unspecified atom stereocenters. The smallest absolute Gasteiger partial charge is 0.252 e. The van der Waals surface area contributed by atoms with Gasteiger partial charge in [0.2, 0.25) is 0 Å². The number of pyridine rings is 1. The van der Waals surface area contributed by atoms with Crippen LogP contribution in [-0.4, -0.2) is 43.3 Å². The Kier molecular flexibility index (Phi) is 7.28. The first-order valence-electron chi connectivity index (χ1n) is 13.8. The SMILES string of the molecule is CCC[C@@H](c1nnnn1C1CCCC1)N(Cc1ccc(F)cc1)Cc1cc2cc3c(cc2[nH]c1=O)OCCO3. The molecule has 1 N–H and O–H groups in total. The predicted molar refractivity (Wildman–Crippen MR) is 144 cm³/mol. The molecular weight excluding hydrogens is 499 g/mol. The predicted octanol–water partition coefficient (Wildman–Crippen LogP) is 5.08. The van der Waals surface area contributed by atoms with Crippen molar-refractivity contribution in [3.8, 4) is 11.5 Å². The molecule has 204 valence electrons. The molecule has 0 amide bonds. The van der Waals surface area contributed by atoms with Gasteiger partial charge in [-0.1, -0.05) is 38.3 Å². The van der Waals surface area contributed by atoms with Crippen molar-refractivity contribution in [1.82, 2.24) is 30.1 Å². The Morgan fingerprint density at radius 2 is 1.82 bits per heavy atom. The van der Waals surface area contributed by atoms with E-state index >= 15 is 0 Å². The maximum atomic E-state index is 13.7. The maximum Gasteiger partial charge on any atom is 0.252 e. The zero-order valence-electron chi connectivity index (χ0n) is 22.1. The normalized spacial score (nSPS) is 16.3. The summed E-state index contributed by atoms with van der Waals surface area (Å²) in [5, 5.41) is 13.8. The van der Waals surface area contributed by atoms with Crippen LogP contribution in [0.15, 0.2) is 47.3 Å². The quantitative estimate of drug-likeness (QED) is 0.321. The number of ether oxygens (including phenoxy) is 2. The second kappa shape index (κ2) is 11.1. The topological polar surface area (TPSA) is 98.2 Å². The molecule has 1 aliphatic heterocycles. The van der Waals surface area contributed by atoms with Crippen LogP contribution in [0.1, 0.15) is 74.5 Å². The van der Waals surface area contributed by atoms with Gasteiger partial charge < -0.3 is 14.5 Å². The number of halogens is 1. The molecule has 6 rings (SSSR count). The van der Waals surface area contributed by atoms with Crippen LogP contribution in [0.2, 0.25) is 0 Å². The molecule has 2 aromatic carbocycles. The van der Waals surface area contributed by atoms with Gasteiger partial charge in [-0.15, -0.1) is 5.10 Å². The number of hydrogen-bond donors (Lipinski definition) is 1. The third kappa shape index (κ3) is 5.38. The molecule has 9 nitrogen and oxygen atoms in total. The first-order valence-corrected chi connectivity index (χ1v) is 13.8. The highest BCUT2D eigenvalue weighted by Crippen LogP contribution is 2.36. The third-order valence-corrected chi connectivity index (χ3v) is 7.75. The number of hydrogen-bond acceptors (Lipinski definition) is 7. The summed E-state index contributed by atoms with van der Waals surface area (Å²) in [7, 11) is 0. The van der Waals surface area contributed by atoms with E-state index in [0.29, 0.717) is 54.9 Å². The zero-order chi connectivity index (χ0) is 26.8. The van der Waals surface area contributed by atoms with Crippen molar-refractivity contribution >= 4 is 10.9 Å². The monoisotopic (exact) mass is 532 g/mol. The molecule has 1 saturated carbocycles. The molecule has 1 fully saturated rings. The first-order chi connectivity index (χ1) is 19.1. The van der Waals surface area contributed by atoms with Gasteiger partial charge >= 0.3 is 0 Å². The van der Waals surface area contributed by atoms with Crippen molar-refractivity contribution in [1.29, 1.82) is 0 Å². The van der Waals surface area contributed by atoms with Gasteiger partial charge in [0.05, 0.1) is 17.6 Å². The molecule has 0 radical (unpaired) electrons. The Hall–Kier alpha value is -3.79. The Morgan fingerprint density at radius 3 is 2.56 bits per heavy atom. The summed E-state index contributed by atoms with van der Waals surface area (Å²) in [6.45, 7) is 4.01. The largest absolute Gasteiger partial charge is 0.486 e. The van der Waals surface area contributed by atoms with E-state index < -0.39 is 0 Å². The number of nitrogens with one attached hydrogen (secondary N) is 1. The van der Waals surface area contributed by atoms with Crippen LogP contribution in [0, 0.1) is 5.82 Å². The van der Waals surface area contributed by atoms with Gasteiger partial charge in [0.15, 0.2) is 17.3 Å². The summed E-state index contributed by atoms with van der Waals surface area (Å²) in [6.07, 6.45) is 6.21. The number of H-pyrrole nitrogens is 1. The van der Waals surface area contributed by atoms with Gasteiger partial charge in [0, 0.05) is 30.1 Å². The summed E-state index contributed by atoms with van der Waals surface area (Å²) in [4.78, 5) is 18.6. The molecule has 1 atom stereocenters. The van der Waals surface area contributed by atoms with E-state index in [0.717, 1.165) is 42.5 Å². The van der Waals surface area contributed by atoms with Crippen LogP contribution in [-0.2, 0) is 13.1 Å². The van der Waals surface area contributed by atoms with Gasteiger partial charge in [0.1, 0.15) is 19.0 Å². The van der Waals surface area contributed by atoms with Crippen LogP contribution in [0.4, 0.5) is 4.39 Å². The molecule has 4 aromatic rings. The maximum absolute atomic E-state index is 13.7. The van der Waals surface area contributed by atoms with E-state index in [9.17, 15) is 9.18 Å². The van der Waals surface area contributed by atoms with Gasteiger partial charge in [-0.05, 0) is 59.5 Å². The molecular formula is C29H33FN6O3. The molecule has 2 aliphatic rings. The summed E-state index contributed by atoms with van der Waals surface area (Å²) < 4.78 is 27.2. The second-order valence-corrected chi connectivity index (χ2v) is 10.5. The van der Waals surface area contributed by atoms with E-state index in [1.54, 1.807) is 12.1 Å². The van der Waals surface area contributed by atoms with E-state index in [4.69, 9.17) is 9.47 Å². The lowest BCUT2D eigenvalue weighted by Gasteiger charge is -2.31. The van der Waals surface area contributed by atoms with Crippen molar-refractivity contribution in [3.05, 3.63) is 75.6 Å². The van der Waals surface area contributed by atoms with Crippen molar-refractivity contribution in [2.45, 2.75) is 70.6 Å². The lowest BCUT2D eigenvalue weighted by molar-refractivity contribution is 0.153. The van der Waals surface area contributed by atoms with E-state index in [1.807, 2.05) is 22.9 Å². The molecule has 0 saturated heterocycles. The van der Waals surface area contributed by atoms with E-state index in [1.165, 1.54) is 25.0 Å². The third-order valence-electron chi connectivity index (χ3n) is 7.75. The van der Waals surface area contributed by atoms with Crippen molar-refractivity contribution in [2.75, 3.05) is 13.2 Å². The second-order valence-electron chi connectivity index (χ2n) is 10.5. The van der Waals surface area contributed by atoms with E-state index in [2.05, 4.69) is 32.3 Å². The van der Waals surface area contributed by atoms with Crippen LogP contribution in [0.3, 0.4) is 0 Å². The highest BCUT2D eigenvalue weighted by atomic mass is 19.1. The van der Waals surface area contributed by atoms with Gasteiger partial charge in [-0.3, -0.25) is 9.69 Å². The Bertz CT molecular complexity index is 1500. The molecule has 10 heteroatoms.